The van der Waals surface area contributed by atoms with Crippen molar-refractivity contribution in [3.8, 4) is 0 Å². The quantitative estimate of drug-likeness (QED) is 0.669. The predicted molar refractivity (Wildman–Crippen MR) is 113 cm³/mol. The maximum absolute atomic E-state index is 13.0. The number of para-hydroxylation sites is 1. The standard InChI is InChI=1S/C23H23FN4O2/c24-18-8-6-17(7-9-18)16-30-20-12-14-28(15-13-20)22-11-10-21(26-27-22)23(29)25-19-4-2-1-3-5-19/h1-11,20H,12-16H2,(H,25,29). The Morgan fingerprint density at radius 1 is 1.00 bits per heavy atom. The summed E-state index contributed by atoms with van der Waals surface area (Å²) in [6.45, 7) is 2.09. The number of carbonyl (C=O) groups is 1. The summed E-state index contributed by atoms with van der Waals surface area (Å²) in [4.78, 5) is 14.4. The van der Waals surface area contributed by atoms with E-state index >= 15 is 0 Å². The van der Waals surface area contributed by atoms with Crippen molar-refractivity contribution in [1.29, 1.82) is 0 Å². The Balaban J connectivity index is 1.26. The van der Waals surface area contributed by atoms with E-state index in [0.29, 0.717) is 6.61 Å². The number of benzene rings is 2. The van der Waals surface area contributed by atoms with Crippen LogP contribution in [-0.4, -0.2) is 35.3 Å². The van der Waals surface area contributed by atoms with E-state index in [2.05, 4.69) is 20.4 Å². The third-order valence-corrected chi connectivity index (χ3v) is 5.08. The lowest BCUT2D eigenvalue weighted by Crippen LogP contribution is -2.37. The second-order valence-corrected chi connectivity index (χ2v) is 7.22. The second-order valence-electron chi connectivity index (χ2n) is 7.22. The molecule has 0 unspecified atom stereocenters. The zero-order valence-electron chi connectivity index (χ0n) is 16.5. The summed E-state index contributed by atoms with van der Waals surface area (Å²) in [5.74, 6) is 0.230. The molecule has 0 saturated carbocycles. The van der Waals surface area contributed by atoms with Gasteiger partial charge in [0.25, 0.3) is 5.91 Å². The van der Waals surface area contributed by atoms with E-state index in [1.54, 1.807) is 18.2 Å². The van der Waals surface area contributed by atoms with Gasteiger partial charge in [0.05, 0.1) is 12.7 Å². The minimum atomic E-state index is -0.284. The SMILES string of the molecule is O=C(Nc1ccccc1)c1ccc(N2CCC(OCc3ccc(F)cc3)CC2)nn1. The van der Waals surface area contributed by atoms with Crippen LogP contribution in [0.5, 0.6) is 0 Å². The maximum Gasteiger partial charge on any atom is 0.276 e. The van der Waals surface area contributed by atoms with Crippen LogP contribution in [0.1, 0.15) is 28.9 Å². The molecule has 1 N–H and O–H groups in total. The Kier molecular flexibility index (Phi) is 6.29. The fourth-order valence-electron chi connectivity index (χ4n) is 3.38. The van der Waals surface area contributed by atoms with Gasteiger partial charge in [-0.2, -0.15) is 0 Å². The fourth-order valence-corrected chi connectivity index (χ4v) is 3.38. The van der Waals surface area contributed by atoms with Gasteiger partial charge in [0.1, 0.15) is 5.82 Å². The molecular formula is C23H23FN4O2. The number of nitrogens with zero attached hydrogens (tertiary/aromatic N) is 3. The van der Waals surface area contributed by atoms with E-state index < -0.39 is 0 Å². The number of carbonyl (C=O) groups excluding carboxylic acids is 1. The number of piperidine rings is 1. The normalized spacial score (nSPS) is 14.5. The Morgan fingerprint density at radius 2 is 1.73 bits per heavy atom. The van der Waals surface area contributed by atoms with E-state index in [1.165, 1.54) is 12.1 Å². The van der Waals surface area contributed by atoms with Crippen molar-refractivity contribution >= 4 is 17.4 Å². The first-order chi connectivity index (χ1) is 14.7. The number of hydrogen-bond acceptors (Lipinski definition) is 5. The molecule has 0 aliphatic carbocycles. The van der Waals surface area contributed by atoms with Crippen molar-refractivity contribution < 1.29 is 13.9 Å². The van der Waals surface area contributed by atoms with E-state index in [9.17, 15) is 9.18 Å². The molecule has 1 saturated heterocycles. The van der Waals surface area contributed by atoms with E-state index in [1.807, 2.05) is 36.4 Å². The number of amides is 1. The summed E-state index contributed by atoms with van der Waals surface area (Å²) in [5, 5.41) is 11.1. The zero-order valence-corrected chi connectivity index (χ0v) is 16.5. The van der Waals surface area contributed by atoms with Gasteiger partial charge in [-0.25, -0.2) is 4.39 Å². The van der Waals surface area contributed by atoms with Crippen LogP contribution < -0.4 is 10.2 Å². The molecule has 2 heterocycles. The number of anilines is 2. The third-order valence-electron chi connectivity index (χ3n) is 5.08. The number of ether oxygens (including phenoxy) is 1. The maximum atomic E-state index is 13.0. The Labute approximate surface area is 174 Å². The molecule has 2 aromatic carbocycles. The number of rotatable bonds is 6. The van der Waals surface area contributed by atoms with Crippen molar-refractivity contribution in [2.45, 2.75) is 25.6 Å². The molecule has 6 nitrogen and oxygen atoms in total. The van der Waals surface area contributed by atoms with Crippen LogP contribution in [0, 0.1) is 5.82 Å². The first kappa shape index (κ1) is 20.0. The molecule has 0 radical (unpaired) electrons. The first-order valence-electron chi connectivity index (χ1n) is 9.98. The van der Waals surface area contributed by atoms with Crippen LogP contribution in [0.4, 0.5) is 15.9 Å². The molecule has 0 atom stereocenters. The summed E-state index contributed by atoms with van der Waals surface area (Å²) in [6, 6.07) is 19.2. The largest absolute Gasteiger partial charge is 0.373 e. The zero-order chi connectivity index (χ0) is 20.8. The number of halogens is 1. The minimum Gasteiger partial charge on any atom is -0.373 e. The van der Waals surface area contributed by atoms with Crippen molar-refractivity contribution in [3.05, 3.63) is 83.8 Å². The summed E-state index contributed by atoms with van der Waals surface area (Å²) < 4.78 is 18.9. The molecule has 4 rings (SSSR count). The lowest BCUT2D eigenvalue weighted by molar-refractivity contribution is 0.0250. The molecule has 0 spiro atoms. The van der Waals surface area contributed by atoms with Crippen LogP contribution >= 0.6 is 0 Å². The van der Waals surface area contributed by atoms with Crippen LogP contribution in [-0.2, 0) is 11.3 Å². The van der Waals surface area contributed by atoms with Crippen molar-refractivity contribution in [2.75, 3.05) is 23.3 Å². The number of nitrogens with one attached hydrogen (secondary N) is 1. The van der Waals surface area contributed by atoms with Crippen LogP contribution in [0.2, 0.25) is 0 Å². The van der Waals surface area contributed by atoms with Gasteiger partial charge in [0.2, 0.25) is 0 Å². The Bertz CT molecular complexity index is 957. The van der Waals surface area contributed by atoms with Gasteiger partial charge in [0, 0.05) is 18.8 Å². The van der Waals surface area contributed by atoms with Crippen LogP contribution in [0.3, 0.4) is 0 Å². The molecule has 0 bridgehead atoms. The summed E-state index contributed by atoms with van der Waals surface area (Å²) >= 11 is 0. The lowest BCUT2D eigenvalue weighted by Gasteiger charge is -2.32. The minimum absolute atomic E-state index is 0.162. The molecule has 154 valence electrons. The van der Waals surface area contributed by atoms with Gasteiger partial charge in [-0.15, -0.1) is 10.2 Å². The summed E-state index contributed by atoms with van der Waals surface area (Å²) in [5.41, 5.74) is 1.96. The smallest absolute Gasteiger partial charge is 0.276 e. The van der Waals surface area contributed by atoms with Crippen molar-refractivity contribution in [3.63, 3.8) is 0 Å². The van der Waals surface area contributed by atoms with Crippen molar-refractivity contribution in [1.82, 2.24) is 10.2 Å². The predicted octanol–water partition coefficient (Wildman–Crippen LogP) is 4.05. The molecule has 1 fully saturated rings. The van der Waals surface area contributed by atoms with E-state index in [4.69, 9.17) is 4.74 Å². The number of aromatic nitrogens is 2. The average molecular weight is 406 g/mol. The molecule has 3 aromatic rings. The fraction of sp³-hybridized carbons (Fsp3) is 0.261. The monoisotopic (exact) mass is 406 g/mol. The van der Waals surface area contributed by atoms with Crippen molar-refractivity contribution in [2.24, 2.45) is 0 Å². The van der Waals surface area contributed by atoms with Crippen LogP contribution in [0.15, 0.2) is 66.7 Å². The molecule has 1 aliphatic rings. The highest BCUT2D eigenvalue weighted by Crippen LogP contribution is 2.20. The lowest BCUT2D eigenvalue weighted by atomic mass is 10.1. The highest BCUT2D eigenvalue weighted by molar-refractivity contribution is 6.02. The molecular weight excluding hydrogens is 383 g/mol. The topological polar surface area (TPSA) is 67.4 Å². The second kappa shape index (κ2) is 9.45. The van der Waals surface area contributed by atoms with Gasteiger partial charge in [0.15, 0.2) is 11.5 Å². The molecule has 1 amide bonds. The van der Waals surface area contributed by atoms with Gasteiger partial charge in [-0.1, -0.05) is 30.3 Å². The van der Waals surface area contributed by atoms with E-state index in [0.717, 1.165) is 43.0 Å². The average Bonchev–Trinajstić information content (AvgIpc) is 2.80. The van der Waals surface area contributed by atoms with Gasteiger partial charge in [-0.3, -0.25) is 4.79 Å². The van der Waals surface area contributed by atoms with Crippen LogP contribution in [0.25, 0.3) is 0 Å². The Hall–Kier alpha value is -3.32. The molecule has 1 aromatic heterocycles. The third kappa shape index (κ3) is 5.18. The molecule has 1 aliphatic heterocycles. The van der Waals surface area contributed by atoms with Gasteiger partial charge < -0.3 is 15.0 Å². The summed E-state index contributed by atoms with van der Waals surface area (Å²) in [6.07, 6.45) is 1.91. The first-order valence-corrected chi connectivity index (χ1v) is 9.98. The molecule has 7 heteroatoms. The summed E-state index contributed by atoms with van der Waals surface area (Å²) in [7, 11) is 0. The highest BCUT2D eigenvalue weighted by atomic mass is 19.1. The van der Waals surface area contributed by atoms with E-state index in [-0.39, 0.29) is 23.5 Å². The highest BCUT2D eigenvalue weighted by Gasteiger charge is 2.21. The molecule has 30 heavy (non-hydrogen) atoms. The Morgan fingerprint density at radius 3 is 2.40 bits per heavy atom. The number of hydrogen-bond donors (Lipinski definition) is 1. The van der Waals surface area contributed by atoms with Gasteiger partial charge >= 0.3 is 0 Å². The van der Waals surface area contributed by atoms with Gasteiger partial charge in [-0.05, 0) is 54.8 Å².